The fourth-order valence-electron chi connectivity index (χ4n) is 1.70. The van der Waals surface area contributed by atoms with E-state index in [4.69, 9.17) is 5.73 Å². The average Bonchev–Trinajstić information content (AvgIpc) is 2.04. The van der Waals surface area contributed by atoms with Crippen LogP contribution >= 0.6 is 0 Å². The predicted octanol–water partition coefficient (Wildman–Crippen LogP) is 0.944. The van der Waals surface area contributed by atoms with Crippen LogP contribution in [0.5, 0.6) is 0 Å². The summed E-state index contributed by atoms with van der Waals surface area (Å²) in [7, 11) is 0. The molecule has 1 heterocycles. The Morgan fingerprint density at radius 3 is 2.54 bits per heavy atom. The first-order chi connectivity index (χ1) is 6.11. The second kappa shape index (κ2) is 3.75. The summed E-state index contributed by atoms with van der Waals surface area (Å²) in [5, 5.41) is 0. The molecular formula is C10H16N2O. The number of nitrogens with two attached hydrogens (primary N) is 1. The van der Waals surface area contributed by atoms with Crippen LogP contribution in [0, 0.1) is 13.8 Å². The van der Waals surface area contributed by atoms with Gasteiger partial charge in [-0.1, -0.05) is 0 Å². The molecule has 3 heteroatoms. The molecule has 0 radical (unpaired) electrons. The van der Waals surface area contributed by atoms with Gasteiger partial charge in [-0.3, -0.25) is 4.79 Å². The van der Waals surface area contributed by atoms with Crippen LogP contribution in [-0.4, -0.2) is 4.57 Å². The Bertz CT molecular complexity index is 366. The van der Waals surface area contributed by atoms with E-state index in [0.29, 0.717) is 6.54 Å². The molecule has 0 aliphatic rings. The molecule has 0 fully saturated rings. The Morgan fingerprint density at radius 1 is 1.46 bits per heavy atom. The molecule has 0 spiro atoms. The number of nitrogens with zero attached hydrogens (tertiary/aromatic N) is 1. The van der Waals surface area contributed by atoms with E-state index in [9.17, 15) is 4.79 Å². The van der Waals surface area contributed by atoms with Crippen molar-refractivity contribution in [2.75, 3.05) is 0 Å². The lowest BCUT2D eigenvalue weighted by molar-refractivity contribution is 0.687. The van der Waals surface area contributed by atoms with E-state index in [2.05, 4.69) is 11.5 Å². The number of rotatable bonds is 2. The van der Waals surface area contributed by atoms with Crippen molar-refractivity contribution in [3.8, 4) is 0 Å². The van der Waals surface area contributed by atoms with Crippen LogP contribution in [0.15, 0.2) is 10.9 Å². The molecule has 0 aliphatic carbocycles. The van der Waals surface area contributed by atoms with Crippen molar-refractivity contribution in [1.29, 1.82) is 0 Å². The van der Waals surface area contributed by atoms with Crippen molar-refractivity contribution in [1.82, 2.24) is 4.57 Å². The Kier molecular flexibility index (Phi) is 2.88. The maximum atomic E-state index is 11.5. The summed E-state index contributed by atoms with van der Waals surface area (Å²) in [6.45, 7) is 7.15. The zero-order valence-corrected chi connectivity index (χ0v) is 8.42. The molecule has 13 heavy (non-hydrogen) atoms. The molecule has 1 aromatic rings. The summed E-state index contributed by atoms with van der Waals surface area (Å²) >= 11 is 0. The SMILES string of the molecule is CCn1c(C)cc(=O)c(CN)c1C. The fourth-order valence-corrected chi connectivity index (χ4v) is 1.70. The molecule has 0 saturated heterocycles. The van der Waals surface area contributed by atoms with Crippen LogP contribution in [0.2, 0.25) is 0 Å². The van der Waals surface area contributed by atoms with Crippen LogP contribution < -0.4 is 11.2 Å². The molecule has 3 nitrogen and oxygen atoms in total. The van der Waals surface area contributed by atoms with Gasteiger partial charge in [0.1, 0.15) is 0 Å². The lowest BCUT2D eigenvalue weighted by Gasteiger charge is -2.14. The maximum Gasteiger partial charge on any atom is 0.186 e. The van der Waals surface area contributed by atoms with Crippen LogP contribution in [0.25, 0.3) is 0 Å². The molecule has 1 rings (SSSR count). The summed E-state index contributed by atoms with van der Waals surface area (Å²) in [5.41, 5.74) is 8.30. The number of hydrogen-bond acceptors (Lipinski definition) is 2. The largest absolute Gasteiger partial charge is 0.349 e. The normalized spacial score (nSPS) is 10.5. The van der Waals surface area contributed by atoms with Crippen molar-refractivity contribution < 1.29 is 0 Å². The van der Waals surface area contributed by atoms with Crippen molar-refractivity contribution in [2.24, 2.45) is 5.73 Å². The van der Waals surface area contributed by atoms with Crippen LogP contribution in [-0.2, 0) is 13.1 Å². The van der Waals surface area contributed by atoms with E-state index in [1.54, 1.807) is 6.07 Å². The molecule has 0 unspecified atom stereocenters. The van der Waals surface area contributed by atoms with Gasteiger partial charge in [0.05, 0.1) is 0 Å². The van der Waals surface area contributed by atoms with Crippen molar-refractivity contribution in [2.45, 2.75) is 33.9 Å². The van der Waals surface area contributed by atoms with Crippen LogP contribution in [0.4, 0.5) is 0 Å². The molecular weight excluding hydrogens is 164 g/mol. The second-order valence-electron chi connectivity index (χ2n) is 3.16. The second-order valence-corrected chi connectivity index (χ2v) is 3.16. The summed E-state index contributed by atoms with van der Waals surface area (Å²) in [6, 6.07) is 1.65. The number of pyridine rings is 1. The van der Waals surface area contributed by atoms with Gasteiger partial charge in [0, 0.05) is 36.1 Å². The lowest BCUT2D eigenvalue weighted by atomic mass is 10.1. The summed E-state index contributed by atoms with van der Waals surface area (Å²) in [4.78, 5) is 11.5. The van der Waals surface area contributed by atoms with Gasteiger partial charge in [0.15, 0.2) is 5.43 Å². The monoisotopic (exact) mass is 180 g/mol. The minimum atomic E-state index is 0.0576. The molecule has 0 amide bonds. The van der Waals surface area contributed by atoms with Gasteiger partial charge in [0.2, 0.25) is 0 Å². The molecule has 2 N–H and O–H groups in total. The van der Waals surface area contributed by atoms with E-state index < -0.39 is 0 Å². The average molecular weight is 180 g/mol. The van der Waals surface area contributed by atoms with Gasteiger partial charge < -0.3 is 10.3 Å². The third-order valence-corrected chi connectivity index (χ3v) is 2.43. The highest BCUT2D eigenvalue weighted by molar-refractivity contribution is 5.23. The number of aryl methyl sites for hydroxylation is 1. The van der Waals surface area contributed by atoms with E-state index in [1.165, 1.54) is 0 Å². The first-order valence-corrected chi connectivity index (χ1v) is 4.51. The highest BCUT2D eigenvalue weighted by atomic mass is 16.1. The molecule has 0 aliphatic heterocycles. The number of aromatic nitrogens is 1. The Balaban J connectivity index is 3.48. The van der Waals surface area contributed by atoms with Gasteiger partial charge in [-0.15, -0.1) is 0 Å². The Morgan fingerprint density at radius 2 is 2.08 bits per heavy atom. The summed E-state index contributed by atoms with van der Waals surface area (Å²) in [5.74, 6) is 0. The van der Waals surface area contributed by atoms with Gasteiger partial charge in [-0.2, -0.15) is 0 Å². The highest BCUT2D eigenvalue weighted by Crippen LogP contribution is 2.06. The van der Waals surface area contributed by atoms with E-state index >= 15 is 0 Å². The Labute approximate surface area is 78.2 Å². The molecule has 0 atom stereocenters. The third kappa shape index (κ3) is 1.65. The van der Waals surface area contributed by atoms with Crippen LogP contribution in [0.1, 0.15) is 23.9 Å². The summed E-state index contributed by atoms with van der Waals surface area (Å²) in [6.07, 6.45) is 0. The first-order valence-electron chi connectivity index (χ1n) is 4.51. The molecule has 0 aromatic carbocycles. The fraction of sp³-hybridized carbons (Fsp3) is 0.500. The van der Waals surface area contributed by atoms with Gasteiger partial charge in [-0.25, -0.2) is 0 Å². The topological polar surface area (TPSA) is 48.0 Å². The van der Waals surface area contributed by atoms with E-state index in [-0.39, 0.29) is 5.43 Å². The third-order valence-electron chi connectivity index (χ3n) is 2.43. The molecule has 1 aromatic heterocycles. The first kappa shape index (κ1) is 9.99. The smallest absolute Gasteiger partial charge is 0.186 e. The zero-order valence-electron chi connectivity index (χ0n) is 8.42. The van der Waals surface area contributed by atoms with E-state index in [1.807, 2.05) is 13.8 Å². The minimum absolute atomic E-state index is 0.0576. The zero-order chi connectivity index (χ0) is 10.0. The standard InChI is InChI=1S/C10H16N2O/c1-4-12-7(2)5-10(13)9(6-11)8(12)3/h5H,4,6,11H2,1-3H3. The summed E-state index contributed by atoms with van der Waals surface area (Å²) < 4.78 is 2.10. The van der Waals surface area contributed by atoms with E-state index in [0.717, 1.165) is 23.5 Å². The van der Waals surface area contributed by atoms with Crippen molar-refractivity contribution >= 4 is 0 Å². The Hall–Kier alpha value is -1.09. The van der Waals surface area contributed by atoms with Gasteiger partial charge in [0.25, 0.3) is 0 Å². The van der Waals surface area contributed by atoms with Crippen molar-refractivity contribution in [3.63, 3.8) is 0 Å². The highest BCUT2D eigenvalue weighted by Gasteiger charge is 2.06. The quantitative estimate of drug-likeness (QED) is 0.736. The number of hydrogen-bond donors (Lipinski definition) is 1. The lowest BCUT2D eigenvalue weighted by Crippen LogP contribution is -2.21. The van der Waals surface area contributed by atoms with Gasteiger partial charge >= 0.3 is 0 Å². The molecule has 0 saturated carbocycles. The van der Waals surface area contributed by atoms with Gasteiger partial charge in [-0.05, 0) is 20.8 Å². The van der Waals surface area contributed by atoms with Crippen molar-refractivity contribution in [3.05, 3.63) is 33.2 Å². The molecule has 72 valence electrons. The predicted molar refractivity (Wildman–Crippen MR) is 53.7 cm³/mol. The maximum absolute atomic E-state index is 11.5. The minimum Gasteiger partial charge on any atom is -0.349 e. The van der Waals surface area contributed by atoms with Crippen LogP contribution in [0.3, 0.4) is 0 Å². The molecule has 0 bridgehead atoms.